The molecular formula is C18H16FN3O4S. The lowest BCUT2D eigenvalue weighted by Gasteiger charge is -2.16. The molecule has 0 saturated carbocycles. The summed E-state index contributed by atoms with van der Waals surface area (Å²) in [5, 5.41) is 2.47. The Hall–Kier alpha value is -3.07. The van der Waals surface area contributed by atoms with E-state index in [0.717, 1.165) is 17.7 Å². The van der Waals surface area contributed by atoms with Crippen LogP contribution in [0.4, 0.5) is 10.2 Å². The van der Waals surface area contributed by atoms with Crippen LogP contribution in [0.1, 0.15) is 18.1 Å². The van der Waals surface area contributed by atoms with Gasteiger partial charge in [0.2, 0.25) is 5.91 Å². The lowest BCUT2D eigenvalue weighted by molar-refractivity contribution is -0.126. The van der Waals surface area contributed by atoms with Crippen molar-refractivity contribution in [2.45, 2.75) is 13.8 Å². The molecule has 0 atom stereocenters. The molecule has 1 aromatic heterocycles. The van der Waals surface area contributed by atoms with Crippen LogP contribution >= 0.6 is 0 Å². The van der Waals surface area contributed by atoms with Gasteiger partial charge in [-0.15, -0.1) is 0 Å². The number of amides is 2. The number of aromatic nitrogens is 1. The number of rotatable bonds is 4. The fourth-order valence-corrected chi connectivity index (χ4v) is 4.51. The minimum absolute atomic E-state index is 0.0249. The number of nitrogens with one attached hydrogen (secondary N) is 1. The SMILES string of the molecule is CC1=C(c2ccc(F)cc2)S(=O)(=O)N(CC(=O)Nc2cc(C)ccn2)C1=O. The summed E-state index contributed by atoms with van der Waals surface area (Å²) in [5.41, 5.74) is 1.02. The summed E-state index contributed by atoms with van der Waals surface area (Å²) < 4.78 is 39.2. The van der Waals surface area contributed by atoms with Gasteiger partial charge in [0.05, 0.1) is 0 Å². The van der Waals surface area contributed by atoms with Crippen molar-refractivity contribution < 1.29 is 22.4 Å². The smallest absolute Gasteiger partial charge is 0.268 e. The van der Waals surface area contributed by atoms with E-state index in [-0.39, 0.29) is 21.9 Å². The van der Waals surface area contributed by atoms with E-state index < -0.39 is 34.2 Å². The van der Waals surface area contributed by atoms with Gasteiger partial charge in [-0.3, -0.25) is 9.59 Å². The molecule has 2 amide bonds. The number of pyridine rings is 1. The standard InChI is InChI=1S/C18H16FN3O4S/c1-11-7-8-20-15(9-11)21-16(23)10-22-18(24)12(2)17(27(22,25)26)13-3-5-14(19)6-4-13/h3-9H,10H2,1-2H3,(H,20,21,23). The molecule has 0 radical (unpaired) electrons. The lowest BCUT2D eigenvalue weighted by Crippen LogP contribution is -2.38. The highest BCUT2D eigenvalue weighted by Gasteiger charge is 2.43. The van der Waals surface area contributed by atoms with Gasteiger partial charge in [-0.2, -0.15) is 0 Å². The molecule has 0 aliphatic carbocycles. The summed E-state index contributed by atoms with van der Waals surface area (Å²) in [4.78, 5) is 28.4. The van der Waals surface area contributed by atoms with Gasteiger partial charge in [0.1, 0.15) is 23.1 Å². The van der Waals surface area contributed by atoms with Gasteiger partial charge in [0, 0.05) is 11.8 Å². The van der Waals surface area contributed by atoms with Gasteiger partial charge in [-0.25, -0.2) is 22.1 Å². The van der Waals surface area contributed by atoms with Crippen LogP contribution in [0.2, 0.25) is 0 Å². The Morgan fingerprint density at radius 2 is 1.85 bits per heavy atom. The first-order valence-corrected chi connectivity index (χ1v) is 9.40. The first-order valence-electron chi connectivity index (χ1n) is 7.96. The Bertz CT molecular complexity index is 1060. The maximum Gasteiger partial charge on any atom is 0.268 e. The average molecular weight is 389 g/mol. The molecule has 9 heteroatoms. The number of halogens is 1. The Labute approximate surface area is 155 Å². The molecule has 27 heavy (non-hydrogen) atoms. The van der Waals surface area contributed by atoms with Crippen molar-refractivity contribution in [2.24, 2.45) is 0 Å². The molecular weight excluding hydrogens is 373 g/mol. The van der Waals surface area contributed by atoms with Crippen molar-refractivity contribution in [1.82, 2.24) is 9.29 Å². The van der Waals surface area contributed by atoms with Gasteiger partial charge in [-0.1, -0.05) is 12.1 Å². The van der Waals surface area contributed by atoms with Crippen molar-refractivity contribution >= 4 is 32.6 Å². The second-order valence-corrected chi connectivity index (χ2v) is 7.84. The summed E-state index contributed by atoms with van der Waals surface area (Å²) in [7, 11) is -4.23. The number of aryl methyl sites for hydroxylation is 1. The molecule has 1 aliphatic heterocycles. The van der Waals surface area contributed by atoms with Crippen LogP contribution in [-0.4, -0.2) is 36.1 Å². The number of nitrogens with zero attached hydrogens (tertiary/aromatic N) is 2. The Morgan fingerprint density at radius 1 is 1.19 bits per heavy atom. The molecule has 7 nitrogen and oxygen atoms in total. The zero-order valence-corrected chi connectivity index (χ0v) is 15.4. The van der Waals surface area contributed by atoms with Gasteiger partial charge >= 0.3 is 0 Å². The number of benzene rings is 1. The molecule has 1 aromatic carbocycles. The first kappa shape index (κ1) is 18.7. The average Bonchev–Trinajstić information content (AvgIpc) is 2.76. The van der Waals surface area contributed by atoms with E-state index in [0.29, 0.717) is 4.31 Å². The van der Waals surface area contributed by atoms with Gasteiger partial charge < -0.3 is 5.32 Å². The quantitative estimate of drug-likeness (QED) is 0.864. The predicted octanol–water partition coefficient (Wildman–Crippen LogP) is 2.07. The van der Waals surface area contributed by atoms with Crippen LogP contribution in [-0.2, 0) is 19.6 Å². The van der Waals surface area contributed by atoms with Crippen molar-refractivity contribution in [1.29, 1.82) is 0 Å². The van der Waals surface area contributed by atoms with Crippen LogP contribution in [0.15, 0.2) is 48.2 Å². The highest BCUT2D eigenvalue weighted by atomic mass is 32.2. The minimum atomic E-state index is -4.23. The van der Waals surface area contributed by atoms with Crippen molar-refractivity contribution in [3.63, 3.8) is 0 Å². The van der Waals surface area contributed by atoms with Crippen molar-refractivity contribution in [3.05, 3.63) is 65.1 Å². The minimum Gasteiger partial charge on any atom is -0.309 e. The molecule has 0 unspecified atom stereocenters. The summed E-state index contributed by atoms with van der Waals surface area (Å²) in [6.07, 6.45) is 1.50. The third kappa shape index (κ3) is 3.59. The third-order valence-corrected chi connectivity index (χ3v) is 5.95. The fourth-order valence-electron chi connectivity index (χ4n) is 2.74. The van der Waals surface area contributed by atoms with Crippen LogP contribution in [0.25, 0.3) is 4.91 Å². The van der Waals surface area contributed by atoms with E-state index >= 15 is 0 Å². The van der Waals surface area contributed by atoms with E-state index in [1.54, 1.807) is 12.1 Å². The molecule has 0 fully saturated rings. The van der Waals surface area contributed by atoms with Crippen molar-refractivity contribution in [3.8, 4) is 0 Å². The van der Waals surface area contributed by atoms with Crippen LogP contribution in [0.3, 0.4) is 0 Å². The Balaban J connectivity index is 1.84. The van der Waals surface area contributed by atoms with E-state index in [1.165, 1.54) is 25.3 Å². The lowest BCUT2D eigenvalue weighted by atomic mass is 10.1. The number of carbonyl (C=O) groups excluding carboxylic acids is 2. The van der Waals surface area contributed by atoms with Crippen LogP contribution in [0, 0.1) is 12.7 Å². The number of hydrogen-bond acceptors (Lipinski definition) is 5. The van der Waals surface area contributed by atoms with Crippen LogP contribution in [0.5, 0.6) is 0 Å². The molecule has 2 heterocycles. The summed E-state index contributed by atoms with van der Waals surface area (Å²) in [5.74, 6) is -1.76. The molecule has 3 rings (SSSR count). The normalized spacial score (nSPS) is 16.0. The largest absolute Gasteiger partial charge is 0.309 e. The maximum atomic E-state index is 13.1. The third-order valence-electron chi connectivity index (χ3n) is 4.01. The molecule has 0 bridgehead atoms. The Morgan fingerprint density at radius 3 is 2.48 bits per heavy atom. The van der Waals surface area contributed by atoms with Crippen molar-refractivity contribution in [2.75, 3.05) is 11.9 Å². The summed E-state index contributed by atoms with van der Waals surface area (Å²) in [6, 6.07) is 8.12. The fraction of sp³-hybridized carbons (Fsp3) is 0.167. The number of anilines is 1. The zero-order chi connectivity index (χ0) is 19.8. The summed E-state index contributed by atoms with van der Waals surface area (Å²) >= 11 is 0. The van der Waals surface area contributed by atoms with Gasteiger partial charge in [0.25, 0.3) is 15.9 Å². The predicted molar refractivity (Wildman–Crippen MR) is 97.2 cm³/mol. The second-order valence-electron chi connectivity index (χ2n) is 6.04. The topological polar surface area (TPSA) is 96.4 Å². The zero-order valence-electron chi connectivity index (χ0n) is 14.6. The highest BCUT2D eigenvalue weighted by Crippen LogP contribution is 2.35. The second kappa shape index (κ2) is 6.92. The molecule has 140 valence electrons. The monoisotopic (exact) mass is 389 g/mol. The molecule has 0 spiro atoms. The van der Waals surface area contributed by atoms with E-state index in [1.807, 2.05) is 6.92 Å². The number of hydrogen-bond donors (Lipinski definition) is 1. The molecule has 2 aromatic rings. The first-order chi connectivity index (χ1) is 12.7. The summed E-state index contributed by atoms with van der Waals surface area (Å²) in [6.45, 7) is 2.49. The maximum absolute atomic E-state index is 13.1. The van der Waals surface area contributed by atoms with Crippen LogP contribution < -0.4 is 5.32 Å². The molecule has 0 saturated heterocycles. The molecule has 1 aliphatic rings. The van der Waals surface area contributed by atoms with E-state index in [9.17, 15) is 22.4 Å². The van der Waals surface area contributed by atoms with E-state index in [4.69, 9.17) is 0 Å². The number of sulfonamides is 1. The van der Waals surface area contributed by atoms with E-state index in [2.05, 4.69) is 10.3 Å². The van der Waals surface area contributed by atoms with Gasteiger partial charge in [-0.05, 0) is 49.2 Å². The molecule has 1 N–H and O–H groups in total. The van der Waals surface area contributed by atoms with Gasteiger partial charge in [0.15, 0.2) is 0 Å². The number of carbonyl (C=O) groups is 2. The Kier molecular flexibility index (Phi) is 4.79. The highest BCUT2D eigenvalue weighted by molar-refractivity contribution is 7.99.